The number of hydrogen-bond acceptors (Lipinski definition) is 5. The van der Waals surface area contributed by atoms with Crippen LogP contribution in [-0.2, 0) is 4.79 Å². The van der Waals surface area contributed by atoms with Crippen molar-refractivity contribution >= 4 is 28.8 Å². The first-order chi connectivity index (χ1) is 16.6. The minimum atomic E-state index is -4.65. The van der Waals surface area contributed by atoms with E-state index in [0.717, 1.165) is 17.7 Å². The fourth-order valence-electron chi connectivity index (χ4n) is 3.42. The number of nitrogens with one attached hydrogen (secondary N) is 3. The van der Waals surface area contributed by atoms with Crippen molar-refractivity contribution in [3.05, 3.63) is 83.7 Å². The molecule has 0 aliphatic carbocycles. The summed E-state index contributed by atoms with van der Waals surface area (Å²) in [7, 11) is 1.53. The Hall–Kier alpha value is -4.01. The number of methoxy groups -OCH3 is 1. The van der Waals surface area contributed by atoms with E-state index in [-0.39, 0.29) is 5.82 Å². The molecule has 1 heterocycles. The molecular formula is C26H27F3N4O2. The maximum atomic E-state index is 14.1. The van der Waals surface area contributed by atoms with Gasteiger partial charge in [0.1, 0.15) is 17.4 Å². The summed E-state index contributed by atoms with van der Waals surface area (Å²) in [6, 6.07) is 11.8. The second kappa shape index (κ2) is 10.9. The van der Waals surface area contributed by atoms with Gasteiger partial charge in [-0.1, -0.05) is 24.3 Å². The van der Waals surface area contributed by atoms with Crippen molar-refractivity contribution in [1.82, 2.24) is 0 Å². The number of rotatable bonds is 6. The number of nitrogens with zero attached hydrogens (tertiary/aromatic N) is 1. The molecule has 35 heavy (non-hydrogen) atoms. The van der Waals surface area contributed by atoms with Crippen molar-refractivity contribution in [2.75, 3.05) is 23.1 Å². The smallest absolute Gasteiger partial charge is 0.419 e. The number of hydrogen-bond donors (Lipinski definition) is 3. The Kier molecular flexibility index (Phi) is 8.01. The molecule has 0 saturated heterocycles. The van der Waals surface area contributed by atoms with Crippen LogP contribution in [0.2, 0.25) is 0 Å². The Bertz CT molecular complexity index is 1210. The maximum absolute atomic E-state index is 14.1. The number of amides is 1. The van der Waals surface area contributed by atoms with Gasteiger partial charge in [-0.3, -0.25) is 4.79 Å². The van der Waals surface area contributed by atoms with Crippen LogP contribution in [-0.4, -0.2) is 25.0 Å². The van der Waals surface area contributed by atoms with Crippen molar-refractivity contribution < 1.29 is 22.7 Å². The third-order valence-electron chi connectivity index (χ3n) is 5.17. The highest BCUT2D eigenvalue weighted by Gasteiger charge is 2.36. The Balaban J connectivity index is 2.05. The molecule has 1 amide bonds. The molecule has 0 fully saturated rings. The molecule has 6 nitrogen and oxygen atoms in total. The van der Waals surface area contributed by atoms with Crippen LogP contribution in [0.3, 0.4) is 0 Å². The summed E-state index contributed by atoms with van der Waals surface area (Å²) in [5, 5.41) is 8.52. The van der Waals surface area contributed by atoms with Gasteiger partial charge in [0.2, 0.25) is 5.91 Å². The van der Waals surface area contributed by atoms with Crippen LogP contribution < -0.4 is 20.7 Å². The number of carbonyl (C=O) groups excluding carboxylic acids is 1. The minimum absolute atomic E-state index is 0.325. The van der Waals surface area contributed by atoms with Crippen molar-refractivity contribution in [2.45, 2.75) is 32.9 Å². The Morgan fingerprint density at radius 2 is 1.83 bits per heavy atom. The molecule has 2 aromatic rings. The van der Waals surface area contributed by atoms with E-state index in [1.807, 2.05) is 19.1 Å². The summed E-state index contributed by atoms with van der Waals surface area (Å²) in [5.74, 6) is 0.109. The molecular weight excluding hydrogens is 457 g/mol. The van der Waals surface area contributed by atoms with Crippen LogP contribution in [0.5, 0.6) is 5.75 Å². The zero-order valence-electron chi connectivity index (χ0n) is 19.7. The standard InChI is InChI=1S/C26H27F3N4O2/c1-5-24(34)30-18-7-6-8-19(15-18)31-25-20(26(27,28)29)13-16(2)10-12-23(33-25)32-21-11-9-17(3)14-22(21)35-4/h5-9,11,13-15,31H,1,10,12H2,2-4H3,(H,30,34)(H,32,33)/b16-13-,25-20+. The Morgan fingerprint density at radius 3 is 2.51 bits per heavy atom. The topological polar surface area (TPSA) is 74.8 Å². The molecule has 9 heteroatoms. The van der Waals surface area contributed by atoms with Gasteiger partial charge in [0, 0.05) is 17.8 Å². The lowest BCUT2D eigenvalue weighted by atomic mass is 10.0. The third kappa shape index (κ3) is 6.99. The predicted octanol–water partition coefficient (Wildman–Crippen LogP) is 6.56. The van der Waals surface area contributed by atoms with Crippen LogP contribution >= 0.6 is 0 Å². The number of aryl methyl sites for hydroxylation is 1. The van der Waals surface area contributed by atoms with Gasteiger partial charge < -0.3 is 20.7 Å². The fourth-order valence-corrected chi connectivity index (χ4v) is 3.42. The molecule has 1 aliphatic heterocycles. The van der Waals surface area contributed by atoms with E-state index in [1.54, 1.807) is 31.2 Å². The van der Waals surface area contributed by atoms with Crippen LogP contribution in [0.25, 0.3) is 0 Å². The average molecular weight is 485 g/mol. The number of carbonyl (C=O) groups is 1. The number of benzene rings is 2. The highest BCUT2D eigenvalue weighted by atomic mass is 19.4. The highest BCUT2D eigenvalue weighted by molar-refractivity contribution is 5.99. The largest absolute Gasteiger partial charge is 0.495 e. The van der Waals surface area contributed by atoms with Crippen molar-refractivity contribution in [3.8, 4) is 5.75 Å². The Morgan fingerprint density at radius 1 is 1.09 bits per heavy atom. The molecule has 0 spiro atoms. The Labute approximate surface area is 202 Å². The molecule has 0 saturated carbocycles. The molecule has 2 aromatic carbocycles. The minimum Gasteiger partial charge on any atom is -0.495 e. The second-order valence-corrected chi connectivity index (χ2v) is 8.04. The number of ether oxygens (including phenoxy) is 1. The SMILES string of the molecule is C=CC(=O)Nc1cccc(NC2=C(C(F)(F)F)/C=C(/C)CC/C(Nc3ccc(C)cc3OC)=N\2)c1. The van der Waals surface area contributed by atoms with Gasteiger partial charge in [-0.2, -0.15) is 13.2 Å². The molecule has 3 N–H and O–H groups in total. The van der Waals surface area contributed by atoms with Gasteiger partial charge in [-0.05, 0) is 68.3 Å². The van der Waals surface area contributed by atoms with E-state index in [4.69, 9.17) is 4.74 Å². The van der Waals surface area contributed by atoms with Gasteiger partial charge >= 0.3 is 6.18 Å². The van der Waals surface area contributed by atoms with Crippen LogP contribution in [0.15, 0.2) is 83.2 Å². The first kappa shape index (κ1) is 25.6. The third-order valence-corrected chi connectivity index (χ3v) is 5.17. The van der Waals surface area contributed by atoms with E-state index >= 15 is 0 Å². The summed E-state index contributed by atoms with van der Waals surface area (Å²) >= 11 is 0. The van der Waals surface area contributed by atoms with Gasteiger partial charge in [0.25, 0.3) is 0 Å². The van der Waals surface area contributed by atoms with E-state index in [9.17, 15) is 18.0 Å². The van der Waals surface area contributed by atoms with E-state index in [2.05, 4.69) is 27.5 Å². The molecule has 0 atom stereocenters. The normalized spacial score (nSPS) is 19.3. The summed E-state index contributed by atoms with van der Waals surface area (Å²) in [6.45, 7) is 6.97. The van der Waals surface area contributed by atoms with Gasteiger partial charge in [-0.15, -0.1) is 0 Å². The van der Waals surface area contributed by atoms with Gasteiger partial charge in [0.05, 0.1) is 18.4 Å². The first-order valence-corrected chi connectivity index (χ1v) is 10.9. The molecule has 3 rings (SSSR count). The van der Waals surface area contributed by atoms with Crippen molar-refractivity contribution in [3.63, 3.8) is 0 Å². The van der Waals surface area contributed by atoms with Crippen LogP contribution in [0, 0.1) is 6.92 Å². The van der Waals surface area contributed by atoms with E-state index in [1.165, 1.54) is 13.2 Å². The number of halogens is 3. The van der Waals surface area contributed by atoms with E-state index in [0.29, 0.717) is 47.1 Å². The molecule has 0 bridgehead atoms. The summed E-state index contributed by atoms with van der Waals surface area (Å²) in [4.78, 5) is 16.0. The lowest BCUT2D eigenvalue weighted by molar-refractivity contribution is -0.111. The van der Waals surface area contributed by atoms with Crippen molar-refractivity contribution in [2.24, 2.45) is 4.99 Å². The average Bonchev–Trinajstić information content (AvgIpc) is 2.80. The number of anilines is 3. The molecule has 184 valence electrons. The first-order valence-electron chi connectivity index (χ1n) is 10.9. The number of aliphatic imine (C=N–C) groups is 1. The van der Waals surface area contributed by atoms with Crippen LogP contribution in [0.1, 0.15) is 25.3 Å². The number of amidine groups is 1. The molecule has 0 radical (unpaired) electrons. The monoisotopic (exact) mass is 484 g/mol. The quantitative estimate of drug-likeness (QED) is 0.406. The van der Waals surface area contributed by atoms with Gasteiger partial charge in [0.15, 0.2) is 0 Å². The van der Waals surface area contributed by atoms with Crippen molar-refractivity contribution in [1.29, 1.82) is 0 Å². The highest BCUT2D eigenvalue weighted by Crippen LogP contribution is 2.34. The van der Waals surface area contributed by atoms with E-state index < -0.39 is 17.7 Å². The number of alkyl halides is 3. The maximum Gasteiger partial charge on any atom is 0.419 e. The zero-order valence-corrected chi connectivity index (χ0v) is 19.7. The molecule has 0 unspecified atom stereocenters. The predicted molar refractivity (Wildman–Crippen MR) is 134 cm³/mol. The number of allylic oxidation sites excluding steroid dienone is 3. The van der Waals surface area contributed by atoms with Gasteiger partial charge in [-0.25, -0.2) is 4.99 Å². The lowest BCUT2D eigenvalue weighted by Gasteiger charge is -2.20. The summed E-state index contributed by atoms with van der Waals surface area (Å²) in [6.07, 6.45) is -1.64. The second-order valence-electron chi connectivity index (χ2n) is 8.04. The summed E-state index contributed by atoms with van der Waals surface area (Å²) < 4.78 is 47.6. The summed E-state index contributed by atoms with van der Waals surface area (Å²) in [5.41, 5.74) is 1.97. The lowest BCUT2D eigenvalue weighted by Crippen LogP contribution is -2.21. The molecule has 0 aromatic heterocycles. The molecule has 1 aliphatic rings. The zero-order chi connectivity index (χ0) is 25.6. The van der Waals surface area contributed by atoms with Crippen LogP contribution in [0.4, 0.5) is 30.2 Å². The fraction of sp³-hybridized carbons (Fsp3) is 0.231.